The van der Waals surface area contributed by atoms with Crippen molar-refractivity contribution in [2.75, 3.05) is 5.75 Å². The molecule has 1 aliphatic rings. The minimum Gasteiger partial charge on any atom is -0.389 e. The molecule has 0 aromatic rings. The van der Waals surface area contributed by atoms with Crippen molar-refractivity contribution in [3.05, 3.63) is 0 Å². The summed E-state index contributed by atoms with van der Waals surface area (Å²) in [6, 6.07) is 0. The molecule has 1 heterocycles. The molecule has 0 saturated carbocycles. The Morgan fingerprint density at radius 2 is 1.80 bits per heavy atom. The van der Waals surface area contributed by atoms with Crippen LogP contribution in [0.25, 0.3) is 0 Å². The molecule has 3 nitrogen and oxygen atoms in total. The minimum absolute atomic E-state index is 0.161. The molecular weight excluding hydrogens is 220 g/mol. The molecular formula is C5H9BrO3S. The van der Waals surface area contributed by atoms with E-state index in [0.717, 1.165) is 0 Å². The van der Waals surface area contributed by atoms with E-state index in [2.05, 4.69) is 15.9 Å². The van der Waals surface area contributed by atoms with Gasteiger partial charge in [0.05, 0.1) is 10.3 Å². The number of hydrogen-bond donors (Lipinski definition) is 3. The van der Waals surface area contributed by atoms with Crippen molar-refractivity contribution in [2.24, 2.45) is 0 Å². The van der Waals surface area contributed by atoms with Gasteiger partial charge in [-0.3, -0.25) is 0 Å². The van der Waals surface area contributed by atoms with E-state index in [1.807, 2.05) is 0 Å². The maximum atomic E-state index is 9.14. The number of halogens is 1. The first-order chi connectivity index (χ1) is 4.63. The zero-order chi connectivity index (χ0) is 7.72. The summed E-state index contributed by atoms with van der Waals surface area (Å²) in [6.07, 6.45) is -2.67. The molecule has 0 aromatic carbocycles. The molecule has 1 aliphatic heterocycles. The molecule has 1 rings (SSSR count). The highest BCUT2D eigenvalue weighted by Crippen LogP contribution is 2.30. The second-order valence-corrected chi connectivity index (χ2v) is 5.00. The Labute approximate surface area is 71.6 Å². The molecule has 0 radical (unpaired) electrons. The van der Waals surface area contributed by atoms with E-state index in [-0.39, 0.29) is 4.16 Å². The first-order valence-corrected chi connectivity index (χ1v) is 4.89. The molecule has 60 valence electrons. The number of aliphatic hydroxyl groups is 3. The quantitative estimate of drug-likeness (QED) is 0.492. The van der Waals surface area contributed by atoms with Gasteiger partial charge in [0.2, 0.25) is 0 Å². The van der Waals surface area contributed by atoms with Crippen LogP contribution in [-0.4, -0.2) is 43.5 Å². The van der Waals surface area contributed by atoms with Crippen LogP contribution in [-0.2, 0) is 0 Å². The van der Waals surface area contributed by atoms with Gasteiger partial charge in [0.15, 0.2) is 0 Å². The third-order valence-corrected chi connectivity index (χ3v) is 3.90. The van der Waals surface area contributed by atoms with Gasteiger partial charge in [0, 0.05) is 5.75 Å². The average Bonchev–Trinajstić information content (AvgIpc) is 1.93. The monoisotopic (exact) mass is 228 g/mol. The van der Waals surface area contributed by atoms with Crippen LogP contribution in [0.3, 0.4) is 0 Å². The number of alkyl halides is 1. The average molecular weight is 229 g/mol. The van der Waals surface area contributed by atoms with E-state index >= 15 is 0 Å². The van der Waals surface area contributed by atoms with E-state index in [1.165, 1.54) is 11.8 Å². The lowest BCUT2D eigenvalue weighted by molar-refractivity contribution is -0.0468. The lowest BCUT2D eigenvalue weighted by Crippen LogP contribution is -2.46. The normalized spacial score (nSPS) is 49.2. The van der Waals surface area contributed by atoms with Gasteiger partial charge in [0.1, 0.15) is 12.2 Å². The molecule has 4 atom stereocenters. The third-order valence-electron chi connectivity index (χ3n) is 1.44. The van der Waals surface area contributed by atoms with Gasteiger partial charge >= 0.3 is 0 Å². The zero-order valence-corrected chi connectivity index (χ0v) is 7.55. The highest BCUT2D eigenvalue weighted by molar-refractivity contribution is 9.11. The van der Waals surface area contributed by atoms with Gasteiger partial charge in [-0.05, 0) is 0 Å². The summed E-state index contributed by atoms with van der Waals surface area (Å²) in [5, 5.41) is 27.2. The van der Waals surface area contributed by atoms with Crippen molar-refractivity contribution in [3.8, 4) is 0 Å². The lowest BCUT2D eigenvalue weighted by atomic mass is 10.1. The maximum absolute atomic E-state index is 9.14. The topological polar surface area (TPSA) is 60.7 Å². The molecule has 0 aliphatic carbocycles. The third kappa shape index (κ3) is 1.65. The predicted molar refractivity (Wildman–Crippen MR) is 43.2 cm³/mol. The summed E-state index contributed by atoms with van der Waals surface area (Å²) in [4.78, 5) is 0. The van der Waals surface area contributed by atoms with Crippen molar-refractivity contribution >= 4 is 27.7 Å². The minimum atomic E-state index is -1.01. The van der Waals surface area contributed by atoms with Crippen molar-refractivity contribution in [3.63, 3.8) is 0 Å². The van der Waals surface area contributed by atoms with Crippen LogP contribution >= 0.6 is 27.7 Å². The number of hydrogen-bond acceptors (Lipinski definition) is 4. The van der Waals surface area contributed by atoms with Crippen molar-refractivity contribution < 1.29 is 15.3 Å². The molecule has 10 heavy (non-hydrogen) atoms. The molecule has 1 fully saturated rings. The second kappa shape index (κ2) is 3.40. The Hall–Kier alpha value is 0.710. The van der Waals surface area contributed by atoms with E-state index in [4.69, 9.17) is 15.3 Å². The summed E-state index contributed by atoms with van der Waals surface area (Å²) in [5.74, 6) is 0.466. The number of aliphatic hydroxyl groups excluding tert-OH is 3. The molecule has 1 saturated heterocycles. The van der Waals surface area contributed by atoms with Crippen LogP contribution < -0.4 is 0 Å². The Morgan fingerprint density at radius 3 is 2.30 bits per heavy atom. The highest BCUT2D eigenvalue weighted by Gasteiger charge is 2.35. The molecule has 0 bridgehead atoms. The summed E-state index contributed by atoms with van der Waals surface area (Å²) in [5.41, 5.74) is 0. The molecule has 5 heteroatoms. The van der Waals surface area contributed by atoms with Gasteiger partial charge in [-0.1, -0.05) is 15.9 Å². The zero-order valence-electron chi connectivity index (χ0n) is 5.14. The Balaban J connectivity index is 2.52. The fourth-order valence-corrected chi connectivity index (χ4v) is 2.48. The first-order valence-electron chi connectivity index (χ1n) is 2.93. The van der Waals surface area contributed by atoms with Crippen molar-refractivity contribution in [1.29, 1.82) is 0 Å². The number of thioether (sulfide) groups is 1. The molecule has 0 spiro atoms. The smallest absolute Gasteiger partial charge is 0.108 e. The SMILES string of the molecule is O[C@H]1[C@H](O)CSC(Br)[C@@H]1O. The fraction of sp³-hybridized carbons (Fsp3) is 1.00. The van der Waals surface area contributed by atoms with Crippen molar-refractivity contribution in [2.45, 2.75) is 22.5 Å². The van der Waals surface area contributed by atoms with E-state index in [9.17, 15) is 0 Å². The standard InChI is InChI=1S/C5H9BrO3S/c6-5-4(9)3(8)2(7)1-10-5/h2-5,7-9H,1H2/t2-,3+,4-,5?/m1/s1. The molecule has 0 amide bonds. The molecule has 0 aromatic heterocycles. The Morgan fingerprint density at radius 1 is 1.20 bits per heavy atom. The largest absolute Gasteiger partial charge is 0.389 e. The van der Waals surface area contributed by atoms with Crippen LogP contribution in [0.15, 0.2) is 0 Å². The lowest BCUT2D eigenvalue weighted by Gasteiger charge is -2.31. The van der Waals surface area contributed by atoms with E-state index in [0.29, 0.717) is 5.75 Å². The van der Waals surface area contributed by atoms with Crippen LogP contribution in [0.2, 0.25) is 0 Å². The van der Waals surface area contributed by atoms with Crippen LogP contribution in [0.4, 0.5) is 0 Å². The van der Waals surface area contributed by atoms with Gasteiger partial charge in [0.25, 0.3) is 0 Å². The maximum Gasteiger partial charge on any atom is 0.108 e. The van der Waals surface area contributed by atoms with Gasteiger partial charge in [-0.2, -0.15) is 0 Å². The highest BCUT2D eigenvalue weighted by atomic mass is 79.9. The van der Waals surface area contributed by atoms with Crippen LogP contribution in [0, 0.1) is 0 Å². The van der Waals surface area contributed by atoms with E-state index < -0.39 is 18.3 Å². The first kappa shape index (κ1) is 8.80. The van der Waals surface area contributed by atoms with Crippen molar-refractivity contribution in [1.82, 2.24) is 0 Å². The summed E-state index contributed by atoms with van der Waals surface area (Å²) >= 11 is 4.56. The van der Waals surface area contributed by atoms with Gasteiger partial charge in [-0.25, -0.2) is 0 Å². The molecule has 1 unspecified atom stereocenters. The second-order valence-electron chi connectivity index (χ2n) is 2.23. The number of rotatable bonds is 0. The summed E-state index contributed by atoms with van der Waals surface area (Å²) < 4.78 is -0.161. The van der Waals surface area contributed by atoms with Gasteiger partial charge in [-0.15, -0.1) is 11.8 Å². The summed E-state index contributed by atoms with van der Waals surface area (Å²) in [7, 11) is 0. The fourth-order valence-electron chi connectivity index (χ4n) is 0.770. The van der Waals surface area contributed by atoms with E-state index in [1.54, 1.807) is 0 Å². The molecule has 3 N–H and O–H groups in total. The predicted octanol–water partition coefficient (Wildman–Crippen LogP) is -0.463. The van der Waals surface area contributed by atoms with Crippen LogP contribution in [0.1, 0.15) is 0 Å². The summed E-state index contributed by atoms with van der Waals surface area (Å²) in [6.45, 7) is 0. The Bertz CT molecular complexity index is 109. The van der Waals surface area contributed by atoms with Crippen LogP contribution in [0.5, 0.6) is 0 Å². The Kier molecular flexibility index (Phi) is 3.00. The van der Waals surface area contributed by atoms with Gasteiger partial charge < -0.3 is 15.3 Å².